The van der Waals surface area contributed by atoms with Crippen molar-refractivity contribution in [1.82, 2.24) is 0 Å². The monoisotopic (exact) mass is 274 g/mol. The van der Waals surface area contributed by atoms with Gasteiger partial charge in [0, 0.05) is 4.47 Å². The van der Waals surface area contributed by atoms with Crippen molar-refractivity contribution in [2.75, 3.05) is 7.11 Å². The topological polar surface area (TPSA) is 9.23 Å². The van der Waals surface area contributed by atoms with Crippen LogP contribution >= 0.6 is 27.5 Å². The molecule has 0 aromatic heterocycles. The van der Waals surface area contributed by atoms with Gasteiger partial charge in [0.1, 0.15) is 5.75 Å². The van der Waals surface area contributed by atoms with E-state index in [9.17, 15) is 0 Å². The lowest BCUT2D eigenvalue weighted by molar-refractivity contribution is 0.414. The van der Waals surface area contributed by atoms with Crippen molar-refractivity contribution in [3.63, 3.8) is 0 Å². The van der Waals surface area contributed by atoms with E-state index in [1.807, 2.05) is 18.2 Å². The van der Waals surface area contributed by atoms with Gasteiger partial charge in [-0.3, -0.25) is 0 Å². The number of alkyl halides is 1. The molecule has 1 fully saturated rings. The Hall–Kier alpha value is -0.210. The van der Waals surface area contributed by atoms with Crippen LogP contribution in [-0.2, 0) is 0 Å². The minimum absolute atomic E-state index is 0.148. The fourth-order valence-electron chi connectivity index (χ4n) is 1.50. The molecule has 1 nitrogen and oxygen atoms in total. The Labute approximate surface area is 97.5 Å². The molecule has 14 heavy (non-hydrogen) atoms. The molecule has 1 unspecified atom stereocenters. The lowest BCUT2D eigenvalue weighted by Crippen LogP contribution is -1.94. The fraction of sp³-hybridized carbons (Fsp3) is 0.455. The maximum atomic E-state index is 6.33. The highest BCUT2D eigenvalue weighted by Gasteiger charge is 2.31. The van der Waals surface area contributed by atoms with Gasteiger partial charge in [0.15, 0.2) is 0 Å². The summed E-state index contributed by atoms with van der Waals surface area (Å²) in [5.41, 5.74) is 1.18. The molecule has 0 radical (unpaired) electrons. The summed E-state index contributed by atoms with van der Waals surface area (Å²) in [6, 6.07) is 5.96. The van der Waals surface area contributed by atoms with Crippen LogP contribution in [0, 0.1) is 5.92 Å². The molecule has 76 valence electrons. The molecule has 0 saturated heterocycles. The second kappa shape index (κ2) is 4.11. The SMILES string of the molecule is COc1ccc(C(Cl)C2CC2)c(Br)c1. The normalized spacial score (nSPS) is 17.9. The largest absolute Gasteiger partial charge is 0.497 e. The van der Waals surface area contributed by atoms with Crippen molar-refractivity contribution in [2.24, 2.45) is 5.92 Å². The van der Waals surface area contributed by atoms with Crippen molar-refractivity contribution in [2.45, 2.75) is 18.2 Å². The first kappa shape index (κ1) is 10.3. The van der Waals surface area contributed by atoms with Gasteiger partial charge in [-0.15, -0.1) is 11.6 Å². The molecule has 0 bridgehead atoms. The zero-order valence-corrected chi connectivity index (χ0v) is 10.3. The van der Waals surface area contributed by atoms with Crippen LogP contribution in [0.5, 0.6) is 5.75 Å². The Kier molecular flexibility index (Phi) is 3.03. The van der Waals surface area contributed by atoms with Crippen LogP contribution in [0.25, 0.3) is 0 Å². The van der Waals surface area contributed by atoms with E-state index in [-0.39, 0.29) is 5.38 Å². The van der Waals surface area contributed by atoms with Crippen molar-refractivity contribution >= 4 is 27.5 Å². The van der Waals surface area contributed by atoms with E-state index < -0.39 is 0 Å². The van der Waals surface area contributed by atoms with Gasteiger partial charge in [0.25, 0.3) is 0 Å². The smallest absolute Gasteiger partial charge is 0.120 e. The molecule has 0 heterocycles. The Morgan fingerprint density at radius 2 is 2.21 bits per heavy atom. The first-order chi connectivity index (χ1) is 6.72. The van der Waals surface area contributed by atoms with E-state index in [4.69, 9.17) is 16.3 Å². The van der Waals surface area contributed by atoms with Gasteiger partial charge in [-0.2, -0.15) is 0 Å². The van der Waals surface area contributed by atoms with Crippen LogP contribution in [0.4, 0.5) is 0 Å². The van der Waals surface area contributed by atoms with E-state index >= 15 is 0 Å². The highest BCUT2D eigenvalue weighted by molar-refractivity contribution is 9.10. The van der Waals surface area contributed by atoms with Crippen LogP contribution < -0.4 is 4.74 Å². The highest BCUT2D eigenvalue weighted by atomic mass is 79.9. The molecule has 1 aromatic rings. The minimum atomic E-state index is 0.148. The Bertz CT molecular complexity index is 336. The summed E-state index contributed by atoms with van der Waals surface area (Å²) in [4.78, 5) is 0. The molecule has 1 aliphatic carbocycles. The maximum absolute atomic E-state index is 6.33. The second-order valence-electron chi connectivity index (χ2n) is 3.63. The lowest BCUT2D eigenvalue weighted by atomic mass is 10.1. The van der Waals surface area contributed by atoms with Crippen LogP contribution in [0.3, 0.4) is 0 Å². The molecule has 1 aliphatic rings. The Morgan fingerprint density at radius 3 is 2.71 bits per heavy atom. The summed E-state index contributed by atoms with van der Waals surface area (Å²) in [7, 11) is 1.67. The summed E-state index contributed by atoms with van der Waals surface area (Å²) in [6.45, 7) is 0. The molecular formula is C11H12BrClO. The van der Waals surface area contributed by atoms with Gasteiger partial charge in [0.05, 0.1) is 12.5 Å². The van der Waals surface area contributed by atoms with E-state index in [1.165, 1.54) is 18.4 Å². The average molecular weight is 276 g/mol. The number of hydrogen-bond donors (Lipinski definition) is 0. The summed E-state index contributed by atoms with van der Waals surface area (Å²) >= 11 is 9.85. The van der Waals surface area contributed by atoms with E-state index in [1.54, 1.807) is 7.11 Å². The quantitative estimate of drug-likeness (QED) is 0.753. The molecule has 1 aromatic carbocycles. The highest BCUT2D eigenvalue weighted by Crippen LogP contribution is 2.47. The van der Waals surface area contributed by atoms with Crippen molar-refractivity contribution in [1.29, 1.82) is 0 Å². The number of halogens is 2. The zero-order valence-electron chi connectivity index (χ0n) is 7.97. The second-order valence-corrected chi connectivity index (χ2v) is 4.95. The summed E-state index contributed by atoms with van der Waals surface area (Å²) in [6.07, 6.45) is 2.51. The van der Waals surface area contributed by atoms with Crippen LogP contribution in [-0.4, -0.2) is 7.11 Å². The van der Waals surface area contributed by atoms with Crippen molar-refractivity contribution in [3.8, 4) is 5.75 Å². The van der Waals surface area contributed by atoms with Gasteiger partial charge >= 0.3 is 0 Å². The number of rotatable bonds is 3. The summed E-state index contributed by atoms with van der Waals surface area (Å²) in [5, 5.41) is 0.148. The summed E-state index contributed by atoms with van der Waals surface area (Å²) in [5.74, 6) is 1.53. The average Bonchev–Trinajstić information content (AvgIpc) is 3.00. The number of ether oxygens (including phenoxy) is 1. The van der Waals surface area contributed by atoms with Crippen LogP contribution in [0.15, 0.2) is 22.7 Å². The Morgan fingerprint density at radius 1 is 1.50 bits per heavy atom. The first-order valence-corrected chi connectivity index (χ1v) is 5.93. The third-order valence-corrected chi connectivity index (χ3v) is 3.82. The molecule has 3 heteroatoms. The van der Waals surface area contributed by atoms with Crippen LogP contribution in [0.1, 0.15) is 23.8 Å². The number of hydrogen-bond acceptors (Lipinski definition) is 1. The molecule has 2 rings (SSSR count). The lowest BCUT2D eigenvalue weighted by Gasteiger charge is -2.11. The van der Waals surface area contributed by atoms with Crippen LogP contribution in [0.2, 0.25) is 0 Å². The third kappa shape index (κ3) is 2.06. The number of methoxy groups -OCH3 is 1. The van der Waals surface area contributed by atoms with Gasteiger partial charge in [-0.1, -0.05) is 22.0 Å². The molecule has 0 aliphatic heterocycles. The molecular weight excluding hydrogens is 263 g/mol. The van der Waals surface area contributed by atoms with Gasteiger partial charge in [-0.25, -0.2) is 0 Å². The number of benzene rings is 1. The van der Waals surface area contributed by atoms with Crippen molar-refractivity contribution < 1.29 is 4.74 Å². The first-order valence-electron chi connectivity index (χ1n) is 4.70. The zero-order chi connectivity index (χ0) is 10.1. The van der Waals surface area contributed by atoms with Gasteiger partial charge < -0.3 is 4.74 Å². The maximum Gasteiger partial charge on any atom is 0.120 e. The molecule has 0 N–H and O–H groups in total. The van der Waals surface area contributed by atoms with Gasteiger partial charge in [0.2, 0.25) is 0 Å². The van der Waals surface area contributed by atoms with E-state index in [2.05, 4.69) is 15.9 Å². The Balaban J connectivity index is 2.24. The predicted molar refractivity (Wildman–Crippen MR) is 62.0 cm³/mol. The van der Waals surface area contributed by atoms with Crippen molar-refractivity contribution in [3.05, 3.63) is 28.2 Å². The van der Waals surface area contributed by atoms with E-state index in [0.717, 1.165) is 10.2 Å². The molecule has 1 atom stereocenters. The minimum Gasteiger partial charge on any atom is -0.497 e. The fourth-order valence-corrected chi connectivity index (χ4v) is 2.68. The third-order valence-electron chi connectivity index (χ3n) is 2.54. The predicted octanol–water partition coefficient (Wildman–Crippen LogP) is 4.15. The van der Waals surface area contributed by atoms with Gasteiger partial charge in [-0.05, 0) is 36.5 Å². The molecule has 0 amide bonds. The standard InChI is InChI=1S/C11H12BrClO/c1-14-8-4-5-9(10(12)6-8)11(13)7-2-3-7/h4-7,11H,2-3H2,1H3. The molecule has 0 spiro atoms. The summed E-state index contributed by atoms with van der Waals surface area (Å²) < 4.78 is 6.18. The molecule has 1 saturated carbocycles. The van der Waals surface area contributed by atoms with E-state index in [0.29, 0.717) is 5.92 Å².